The number of benzene rings is 1. The third-order valence-electron chi connectivity index (χ3n) is 3.02. The molecule has 2 aromatic rings. The number of pyridine rings is 1. The predicted octanol–water partition coefficient (Wildman–Crippen LogP) is 3.91. The minimum atomic E-state index is 0.531. The Morgan fingerprint density at radius 3 is 2.55 bits per heavy atom. The Hall–Kier alpha value is -1.32. The molecule has 0 unspecified atom stereocenters. The van der Waals surface area contributed by atoms with E-state index in [1.165, 1.54) is 16.0 Å². The fourth-order valence-electron chi connectivity index (χ4n) is 1.86. The molecule has 0 fully saturated rings. The number of hydrogen-bond acceptors (Lipinski definition) is 3. The highest BCUT2D eigenvalue weighted by atomic mass is 32.2. The number of nitrogens with one attached hydrogen (secondary N) is 1. The molecule has 0 saturated heterocycles. The summed E-state index contributed by atoms with van der Waals surface area (Å²) in [5.41, 5.74) is 2.65. The van der Waals surface area contributed by atoms with Crippen LogP contribution in [-0.2, 0) is 13.0 Å². The molecule has 1 N–H and O–H groups in total. The van der Waals surface area contributed by atoms with Gasteiger partial charge in [-0.2, -0.15) is 0 Å². The van der Waals surface area contributed by atoms with Crippen LogP contribution in [0.3, 0.4) is 0 Å². The van der Waals surface area contributed by atoms with E-state index in [1.54, 1.807) is 0 Å². The van der Waals surface area contributed by atoms with Gasteiger partial charge in [-0.1, -0.05) is 32.0 Å². The lowest BCUT2D eigenvalue weighted by molar-refractivity contribution is 0.588. The summed E-state index contributed by atoms with van der Waals surface area (Å²) < 4.78 is 0. The summed E-state index contributed by atoms with van der Waals surface area (Å²) in [6.07, 6.45) is 4.83. The Kier molecular flexibility index (Phi) is 6.09. The largest absolute Gasteiger partial charge is 0.310 e. The van der Waals surface area contributed by atoms with Gasteiger partial charge in [0.25, 0.3) is 0 Å². The Balaban J connectivity index is 1.76. The zero-order valence-electron chi connectivity index (χ0n) is 12.2. The van der Waals surface area contributed by atoms with Gasteiger partial charge in [0.05, 0.1) is 0 Å². The predicted molar refractivity (Wildman–Crippen MR) is 87.1 cm³/mol. The van der Waals surface area contributed by atoms with Crippen LogP contribution >= 0.6 is 11.8 Å². The molecular weight excluding hydrogens is 264 g/mol. The van der Waals surface area contributed by atoms with Gasteiger partial charge in [0.1, 0.15) is 0 Å². The lowest BCUT2D eigenvalue weighted by Crippen LogP contribution is -2.21. The van der Waals surface area contributed by atoms with Crippen molar-refractivity contribution in [1.82, 2.24) is 10.3 Å². The van der Waals surface area contributed by atoms with Crippen molar-refractivity contribution in [1.29, 1.82) is 0 Å². The van der Waals surface area contributed by atoms with Crippen LogP contribution in [0.4, 0.5) is 0 Å². The van der Waals surface area contributed by atoms with Crippen molar-refractivity contribution in [2.24, 2.45) is 0 Å². The molecule has 0 aliphatic rings. The number of thioether (sulfide) groups is 1. The van der Waals surface area contributed by atoms with E-state index in [0.29, 0.717) is 6.04 Å². The molecule has 0 radical (unpaired) electrons. The van der Waals surface area contributed by atoms with Crippen LogP contribution in [-0.4, -0.2) is 16.8 Å². The minimum Gasteiger partial charge on any atom is -0.310 e. The number of nitrogens with zero attached hydrogens (tertiary/aromatic N) is 1. The van der Waals surface area contributed by atoms with Gasteiger partial charge >= 0.3 is 0 Å². The van der Waals surface area contributed by atoms with E-state index in [9.17, 15) is 0 Å². The van der Waals surface area contributed by atoms with Crippen LogP contribution in [0.1, 0.15) is 25.0 Å². The van der Waals surface area contributed by atoms with E-state index in [1.807, 2.05) is 30.2 Å². The molecule has 3 heteroatoms. The smallest absolute Gasteiger partial charge is 0.0300 e. The van der Waals surface area contributed by atoms with Gasteiger partial charge in [0, 0.05) is 35.6 Å². The van der Waals surface area contributed by atoms with Crippen LogP contribution in [0.2, 0.25) is 0 Å². The molecule has 0 aliphatic carbocycles. The Morgan fingerprint density at radius 2 is 1.90 bits per heavy atom. The van der Waals surface area contributed by atoms with Gasteiger partial charge < -0.3 is 5.32 Å². The first-order valence-corrected chi connectivity index (χ1v) is 8.06. The van der Waals surface area contributed by atoms with Crippen molar-refractivity contribution in [3.63, 3.8) is 0 Å². The standard InChI is InChI=1S/C17H22N2S/c1-14(2)19-13-16-5-7-17(8-6-16)20-11-9-15-4-3-10-18-12-15/h3-8,10,12,14,19H,9,11,13H2,1-2H3. The van der Waals surface area contributed by atoms with Gasteiger partial charge in [-0.25, -0.2) is 0 Å². The maximum Gasteiger partial charge on any atom is 0.0300 e. The Morgan fingerprint density at radius 1 is 1.10 bits per heavy atom. The molecular formula is C17H22N2S. The van der Waals surface area contributed by atoms with Crippen molar-refractivity contribution in [3.8, 4) is 0 Å². The summed E-state index contributed by atoms with van der Waals surface area (Å²) >= 11 is 1.90. The third kappa shape index (κ3) is 5.35. The summed E-state index contributed by atoms with van der Waals surface area (Å²) in [5.74, 6) is 1.09. The fraction of sp³-hybridized carbons (Fsp3) is 0.353. The zero-order valence-corrected chi connectivity index (χ0v) is 13.0. The Labute approximate surface area is 126 Å². The molecule has 0 bridgehead atoms. The highest BCUT2D eigenvalue weighted by Crippen LogP contribution is 2.19. The zero-order chi connectivity index (χ0) is 14.2. The second kappa shape index (κ2) is 8.08. The molecule has 0 amide bonds. The molecule has 0 atom stereocenters. The van der Waals surface area contributed by atoms with E-state index < -0.39 is 0 Å². The maximum atomic E-state index is 4.14. The lowest BCUT2D eigenvalue weighted by Gasteiger charge is -2.08. The van der Waals surface area contributed by atoms with Gasteiger partial charge in [-0.15, -0.1) is 11.8 Å². The van der Waals surface area contributed by atoms with Gasteiger partial charge in [0.15, 0.2) is 0 Å². The molecule has 106 valence electrons. The molecule has 1 aromatic heterocycles. The lowest BCUT2D eigenvalue weighted by atomic mass is 10.2. The fourth-order valence-corrected chi connectivity index (χ4v) is 2.76. The molecule has 0 spiro atoms. The summed E-state index contributed by atoms with van der Waals surface area (Å²) in [5, 5.41) is 3.43. The molecule has 2 rings (SSSR count). The summed E-state index contributed by atoms with van der Waals surface area (Å²) in [6, 6.07) is 13.5. The third-order valence-corrected chi connectivity index (χ3v) is 4.03. The highest BCUT2D eigenvalue weighted by molar-refractivity contribution is 7.99. The number of aryl methyl sites for hydroxylation is 1. The summed E-state index contributed by atoms with van der Waals surface area (Å²) in [6.45, 7) is 5.28. The molecule has 0 saturated carbocycles. The van der Waals surface area contributed by atoms with E-state index in [4.69, 9.17) is 0 Å². The second-order valence-corrected chi connectivity index (χ2v) is 6.31. The van der Waals surface area contributed by atoms with Crippen LogP contribution in [0.5, 0.6) is 0 Å². The van der Waals surface area contributed by atoms with E-state index in [-0.39, 0.29) is 0 Å². The average molecular weight is 286 g/mol. The summed E-state index contributed by atoms with van der Waals surface area (Å²) in [7, 11) is 0. The number of hydrogen-bond donors (Lipinski definition) is 1. The van der Waals surface area contributed by atoms with Crippen molar-refractivity contribution in [2.75, 3.05) is 5.75 Å². The van der Waals surface area contributed by atoms with Crippen LogP contribution in [0, 0.1) is 0 Å². The monoisotopic (exact) mass is 286 g/mol. The first-order valence-electron chi connectivity index (χ1n) is 7.08. The molecule has 1 heterocycles. The van der Waals surface area contributed by atoms with Gasteiger partial charge in [-0.3, -0.25) is 4.98 Å². The minimum absolute atomic E-state index is 0.531. The first kappa shape index (κ1) is 15.1. The van der Waals surface area contributed by atoms with Gasteiger partial charge in [-0.05, 0) is 35.7 Å². The van der Waals surface area contributed by atoms with Crippen molar-refractivity contribution < 1.29 is 0 Å². The van der Waals surface area contributed by atoms with Crippen LogP contribution in [0.15, 0.2) is 53.7 Å². The first-order chi connectivity index (χ1) is 9.74. The van der Waals surface area contributed by atoms with E-state index in [2.05, 4.69) is 54.5 Å². The van der Waals surface area contributed by atoms with Crippen LogP contribution in [0.25, 0.3) is 0 Å². The molecule has 0 aliphatic heterocycles. The number of aromatic nitrogens is 1. The Bertz CT molecular complexity index is 494. The molecule has 1 aromatic carbocycles. The second-order valence-electron chi connectivity index (χ2n) is 5.14. The van der Waals surface area contributed by atoms with Crippen LogP contribution < -0.4 is 5.32 Å². The van der Waals surface area contributed by atoms with Crippen molar-refractivity contribution in [3.05, 3.63) is 59.9 Å². The van der Waals surface area contributed by atoms with E-state index in [0.717, 1.165) is 18.7 Å². The van der Waals surface area contributed by atoms with Crippen molar-refractivity contribution in [2.45, 2.75) is 37.8 Å². The molecule has 20 heavy (non-hydrogen) atoms. The van der Waals surface area contributed by atoms with Crippen molar-refractivity contribution >= 4 is 11.8 Å². The highest BCUT2D eigenvalue weighted by Gasteiger charge is 1.98. The topological polar surface area (TPSA) is 24.9 Å². The summed E-state index contributed by atoms with van der Waals surface area (Å²) in [4.78, 5) is 5.48. The van der Waals surface area contributed by atoms with Gasteiger partial charge in [0.2, 0.25) is 0 Å². The average Bonchev–Trinajstić information content (AvgIpc) is 2.47. The maximum absolute atomic E-state index is 4.14. The van der Waals surface area contributed by atoms with E-state index >= 15 is 0 Å². The number of rotatable bonds is 7. The normalized spacial score (nSPS) is 10.9. The molecule has 2 nitrogen and oxygen atoms in total. The SMILES string of the molecule is CC(C)NCc1ccc(SCCc2cccnc2)cc1. The quantitative estimate of drug-likeness (QED) is 0.781.